The van der Waals surface area contributed by atoms with Crippen molar-refractivity contribution in [1.82, 2.24) is 0 Å². The van der Waals surface area contributed by atoms with E-state index in [9.17, 15) is 0 Å². The van der Waals surface area contributed by atoms with Crippen molar-refractivity contribution in [2.24, 2.45) is 21.9 Å². The van der Waals surface area contributed by atoms with E-state index in [4.69, 9.17) is 16.2 Å². The van der Waals surface area contributed by atoms with Crippen LogP contribution < -0.4 is 11.5 Å². The fourth-order valence-corrected chi connectivity index (χ4v) is 0.763. The third-order valence-corrected chi connectivity index (χ3v) is 1.67. The number of rotatable bonds is 5. The van der Waals surface area contributed by atoms with Crippen molar-refractivity contribution in [2.75, 3.05) is 20.3 Å². The summed E-state index contributed by atoms with van der Waals surface area (Å²) in [5.74, 6) is 0.153. The predicted octanol–water partition coefficient (Wildman–Crippen LogP) is 0.323. The van der Waals surface area contributed by atoms with E-state index in [1.165, 1.54) is 0 Å². The van der Waals surface area contributed by atoms with Gasteiger partial charge in [-0.05, 0) is 11.8 Å². The molecule has 0 radical (unpaired) electrons. The number of guanidine groups is 1. The van der Waals surface area contributed by atoms with Gasteiger partial charge in [-0.3, -0.25) is 4.99 Å². The summed E-state index contributed by atoms with van der Waals surface area (Å²) in [6.45, 7) is 5.61. The molecule has 0 spiro atoms. The van der Waals surface area contributed by atoms with E-state index >= 15 is 0 Å². The molecule has 0 bridgehead atoms. The van der Waals surface area contributed by atoms with Crippen LogP contribution in [0.25, 0.3) is 0 Å². The first kappa shape index (κ1) is 11.2. The van der Waals surface area contributed by atoms with Crippen LogP contribution in [0.1, 0.15) is 20.3 Å². The summed E-state index contributed by atoms with van der Waals surface area (Å²) < 4.78 is 4.97. The molecule has 0 unspecified atom stereocenters. The Hall–Kier alpha value is -0.770. The molecular weight excluding hydrogens is 154 g/mol. The number of nitrogens with zero attached hydrogens (tertiary/aromatic N) is 1. The van der Waals surface area contributed by atoms with Gasteiger partial charge in [0.25, 0.3) is 0 Å². The molecule has 0 atom stereocenters. The molecule has 0 aliphatic heterocycles. The van der Waals surface area contributed by atoms with E-state index in [2.05, 4.69) is 18.8 Å². The van der Waals surface area contributed by atoms with Crippen molar-refractivity contribution in [3.63, 3.8) is 0 Å². The highest BCUT2D eigenvalue weighted by molar-refractivity contribution is 5.75. The lowest BCUT2D eigenvalue weighted by atomic mass is 9.90. The second-order valence-electron chi connectivity index (χ2n) is 3.65. The zero-order valence-corrected chi connectivity index (χ0v) is 8.13. The topological polar surface area (TPSA) is 73.6 Å². The Labute approximate surface area is 74.0 Å². The standard InChI is InChI=1S/C8H19N3O/c1-8(2,4-5-12-3)6-11-7(9)10/h4-6H2,1-3H3,(H4,9,10,11). The molecule has 0 saturated carbocycles. The van der Waals surface area contributed by atoms with Gasteiger partial charge in [-0.1, -0.05) is 13.8 Å². The highest BCUT2D eigenvalue weighted by atomic mass is 16.5. The largest absolute Gasteiger partial charge is 0.385 e. The van der Waals surface area contributed by atoms with Crippen molar-refractivity contribution < 1.29 is 4.74 Å². The van der Waals surface area contributed by atoms with Gasteiger partial charge < -0.3 is 16.2 Å². The molecule has 0 rings (SSSR count). The highest BCUT2D eigenvalue weighted by Crippen LogP contribution is 2.20. The molecule has 0 heterocycles. The maximum Gasteiger partial charge on any atom is 0.185 e. The molecule has 4 N–H and O–H groups in total. The average Bonchev–Trinajstić information content (AvgIpc) is 1.98. The van der Waals surface area contributed by atoms with Crippen molar-refractivity contribution in [2.45, 2.75) is 20.3 Å². The zero-order valence-electron chi connectivity index (χ0n) is 8.13. The molecule has 12 heavy (non-hydrogen) atoms. The summed E-state index contributed by atoms with van der Waals surface area (Å²) >= 11 is 0. The van der Waals surface area contributed by atoms with Crippen molar-refractivity contribution in [3.8, 4) is 0 Å². The van der Waals surface area contributed by atoms with Gasteiger partial charge in [-0.15, -0.1) is 0 Å². The van der Waals surface area contributed by atoms with Crippen LogP contribution in [0.3, 0.4) is 0 Å². The number of nitrogens with two attached hydrogens (primary N) is 2. The number of methoxy groups -OCH3 is 1. The van der Waals surface area contributed by atoms with Crippen LogP contribution in [0.15, 0.2) is 4.99 Å². The predicted molar refractivity (Wildman–Crippen MR) is 51.0 cm³/mol. The Morgan fingerprint density at radius 2 is 2.00 bits per heavy atom. The Morgan fingerprint density at radius 3 is 2.42 bits per heavy atom. The lowest BCUT2D eigenvalue weighted by Crippen LogP contribution is -2.26. The molecule has 72 valence electrons. The third kappa shape index (κ3) is 5.97. The number of hydrogen-bond acceptors (Lipinski definition) is 2. The first-order valence-electron chi connectivity index (χ1n) is 4.02. The highest BCUT2D eigenvalue weighted by Gasteiger charge is 2.16. The van der Waals surface area contributed by atoms with Crippen LogP contribution in [0, 0.1) is 5.41 Å². The van der Waals surface area contributed by atoms with E-state index in [1.54, 1.807) is 7.11 Å². The van der Waals surface area contributed by atoms with Crippen LogP contribution in [-0.2, 0) is 4.74 Å². The number of ether oxygens (including phenoxy) is 1. The van der Waals surface area contributed by atoms with Crippen molar-refractivity contribution in [3.05, 3.63) is 0 Å². The smallest absolute Gasteiger partial charge is 0.185 e. The van der Waals surface area contributed by atoms with E-state index in [1.807, 2.05) is 0 Å². The van der Waals surface area contributed by atoms with E-state index in [0.29, 0.717) is 6.54 Å². The summed E-state index contributed by atoms with van der Waals surface area (Å²) in [5.41, 5.74) is 10.6. The Kier molecular flexibility index (Phi) is 4.66. The molecule has 0 aliphatic rings. The molecule has 0 aromatic carbocycles. The van der Waals surface area contributed by atoms with Crippen LogP contribution in [0.2, 0.25) is 0 Å². The summed E-state index contributed by atoms with van der Waals surface area (Å²) in [5, 5.41) is 0. The Bertz CT molecular complexity index is 150. The Morgan fingerprint density at radius 1 is 1.42 bits per heavy atom. The van der Waals surface area contributed by atoms with E-state index in [-0.39, 0.29) is 11.4 Å². The molecule has 4 heteroatoms. The van der Waals surface area contributed by atoms with Gasteiger partial charge in [0.15, 0.2) is 5.96 Å². The maximum atomic E-state index is 5.22. The fraction of sp³-hybridized carbons (Fsp3) is 0.875. The van der Waals surface area contributed by atoms with E-state index in [0.717, 1.165) is 13.0 Å². The quantitative estimate of drug-likeness (QED) is 0.464. The van der Waals surface area contributed by atoms with E-state index < -0.39 is 0 Å². The van der Waals surface area contributed by atoms with Gasteiger partial charge in [0.05, 0.1) is 0 Å². The van der Waals surface area contributed by atoms with Gasteiger partial charge >= 0.3 is 0 Å². The first-order chi connectivity index (χ1) is 5.48. The van der Waals surface area contributed by atoms with Crippen LogP contribution in [0.4, 0.5) is 0 Å². The van der Waals surface area contributed by atoms with Gasteiger partial charge in [0, 0.05) is 20.3 Å². The molecule has 0 aromatic rings. The summed E-state index contributed by atoms with van der Waals surface area (Å²) in [6, 6.07) is 0. The molecule has 0 aliphatic carbocycles. The number of hydrogen-bond donors (Lipinski definition) is 2. The van der Waals surface area contributed by atoms with Crippen molar-refractivity contribution >= 4 is 5.96 Å². The summed E-state index contributed by atoms with van der Waals surface area (Å²) in [6.07, 6.45) is 0.959. The third-order valence-electron chi connectivity index (χ3n) is 1.67. The zero-order chi connectivity index (χ0) is 9.61. The van der Waals surface area contributed by atoms with Gasteiger partial charge in [-0.2, -0.15) is 0 Å². The SMILES string of the molecule is COCCC(C)(C)CN=C(N)N. The fourth-order valence-electron chi connectivity index (χ4n) is 0.763. The summed E-state index contributed by atoms with van der Waals surface area (Å²) in [7, 11) is 1.69. The number of aliphatic imine (C=N–C) groups is 1. The van der Waals surface area contributed by atoms with Gasteiger partial charge in [0.2, 0.25) is 0 Å². The summed E-state index contributed by atoms with van der Waals surface area (Å²) in [4.78, 5) is 3.97. The molecule has 0 fully saturated rings. The lowest BCUT2D eigenvalue weighted by molar-refractivity contribution is 0.155. The van der Waals surface area contributed by atoms with Gasteiger partial charge in [-0.25, -0.2) is 0 Å². The first-order valence-corrected chi connectivity index (χ1v) is 4.02. The van der Waals surface area contributed by atoms with Crippen molar-refractivity contribution in [1.29, 1.82) is 0 Å². The second kappa shape index (κ2) is 4.98. The van der Waals surface area contributed by atoms with Gasteiger partial charge in [0.1, 0.15) is 0 Å². The monoisotopic (exact) mass is 173 g/mol. The van der Waals surface area contributed by atoms with Crippen LogP contribution in [-0.4, -0.2) is 26.2 Å². The second-order valence-corrected chi connectivity index (χ2v) is 3.65. The maximum absolute atomic E-state index is 5.22. The molecule has 4 nitrogen and oxygen atoms in total. The Balaban J connectivity index is 3.78. The van der Waals surface area contributed by atoms with Crippen LogP contribution >= 0.6 is 0 Å². The van der Waals surface area contributed by atoms with Crippen LogP contribution in [0.5, 0.6) is 0 Å². The molecule has 0 saturated heterocycles. The lowest BCUT2D eigenvalue weighted by Gasteiger charge is -2.21. The average molecular weight is 173 g/mol. The minimum absolute atomic E-state index is 0.111. The molecular formula is C8H19N3O. The minimum atomic E-state index is 0.111. The molecule has 0 amide bonds. The molecule has 0 aromatic heterocycles. The minimum Gasteiger partial charge on any atom is -0.385 e. The normalized spacial score (nSPS) is 11.2.